The minimum absolute atomic E-state index is 0.0169. The van der Waals surface area contributed by atoms with Crippen LogP contribution in [-0.2, 0) is 9.59 Å². The van der Waals surface area contributed by atoms with E-state index in [1.807, 2.05) is 11.8 Å². The molecule has 1 atom stereocenters. The molecular weight excluding hydrogens is 306 g/mol. The van der Waals surface area contributed by atoms with Crippen LogP contribution in [0.15, 0.2) is 4.99 Å². The van der Waals surface area contributed by atoms with Crippen molar-refractivity contribution in [1.82, 2.24) is 20.4 Å². The van der Waals surface area contributed by atoms with E-state index in [9.17, 15) is 9.59 Å². The number of likely N-dealkylation sites (N-methyl/N-ethyl adjacent to an activating group) is 1. The molecule has 0 bridgehead atoms. The van der Waals surface area contributed by atoms with Crippen molar-refractivity contribution in [3.05, 3.63) is 0 Å². The highest BCUT2D eigenvalue weighted by molar-refractivity contribution is 5.85. The Kier molecular flexibility index (Phi) is 6.87. The van der Waals surface area contributed by atoms with Crippen molar-refractivity contribution in [3.8, 4) is 0 Å². The van der Waals surface area contributed by atoms with Gasteiger partial charge >= 0.3 is 0 Å². The molecule has 1 aliphatic carbocycles. The number of nitrogens with zero attached hydrogens (tertiary/aromatic N) is 3. The first-order valence-electron chi connectivity index (χ1n) is 9.05. The van der Waals surface area contributed by atoms with Gasteiger partial charge in [0.25, 0.3) is 0 Å². The molecule has 2 fully saturated rings. The van der Waals surface area contributed by atoms with Crippen LogP contribution < -0.4 is 10.6 Å². The second kappa shape index (κ2) is 8.89. The predicted molar refractivity (Wildman–Crippen MR) is 94.8 cm³/mol. The number of rotatable bonds is 5. The van der Waals surface area contributed by atoms with Crippen LogP contribution in [0.2, 0.25) is 0 Å². The average molecular weight is 337 g/mol. The third-order valence-corrected chi connectivity index (χ3v) is 4.75. The van der Waals surface area contributed by atoms with Gasteiger partial charge in [-0.25, -0.2) is 4.99 Å². The second-order valence-corrected chi connectivity index (χ2v) is 6.90. The van der Waals surface area contributed by atoms with Crippen LogP contribution in [0.5, 0.6) is 0 Å². The fraction of sp³-hybridized carbons (Fsp3) is 0.824. The molecule has 0 aromatic heterocycles. The Morgan fingerprint density at radius 3 is 2.42 bits per heavy atom. The van der Waals surface area contributed by atoms with Gasteiger partial charge in [0, 0.05) is 45.7 Å². The number of likely N-dealkylation sites (tertiary alicyclic amines) is 1. The molecule has 0 aromatic carbocycles. The molecule has 2 aliphatic rings. The van der Waals surface area contributed by atoms with Gasteiger partial charge in [0.05, 0.1) is 0 Å². The Morgan fingerprint density at radius 1 is 1.12 bits per heavy atom. The minimum atomic E-state index is -0.0169. The lowest BCUT2D eigenvalue weighted by Crippen LogP contribution is -2.48. The van der Waals surface area contributed by atoms with Gasteiger partial charge in [0.1, 0.15) is 6.54 Å². The molecular formula is C17H31N5O2. The van der Waals surface area contributed by atoms with E-state index in [-0.39, 0.29) is 24.4 Å². The number of carbonyl (C=O) groups excluding carboxylic acids is 2. The molecule has 1 saturated heterocycles. The van der Waals surface area contributed by atoms with Gasteiger partial charge in [-0.1, -0.05) is 19.8 Å². The van der Waals surface area contributed by atoms with Gasteiger partial charge in [-0.05, 0) is 19.3 Å². The summed E-state index contributed by atoms with van der Waals surface area (Å²) in [5.41, 5.74) is 0. The predicted octanol–water partition coefficient (Wildman–Crippen LogP) is 0.563. The molecule has 7 heteroatoms. The number of hydrogen-bond donors (Lipinski definition) is 2. The third kappa shape index (κ3) is 5.39. The molecule has 7 nitrogen and oxygen atoms in total. The number of guanidine groups is 1. The molecule has 0 aromatic rings. The molecule has 2 amide bonds. The molecule has 24 heavy (non-hydrogen) atoms. The highest BCUT2D eigenvalue weighted by atomic mass is 16.2. The molecule has 136 valence electrons. The number of aliphatic imine (C=N–C) groups is 1. The van der Waals surface area contributed by atoms with E-state index >= 15 is 0 Å². The van der Waals surface area contributed by atoms with Crippen molar-refractivity contribution < 1.29 is 9.59 Å². The minimum Gasteiger partial charge on any atom is -0.354 e. The molecule has 1 saturated carbocycles. The monoisotopic (exact) mass is 337 g/mol. The first-order chi connectivity index (χ1) is 11.5. The number of nitrogens with one attached hydrogen (secondary N) is 2. The standard InChI is InChI=1S/C17H31N5O2/c1-4-15(23)22-10-9-14(12-22)20-17(18-11-16(24)21(2)3)19-13-7-5-6-8-13/h13-14H,4-12H2,1-3H3,(H2,18,19,20). The average Bonchev–Trinajstić information content (AvgIpc) is 3.23. The normalized spacial score (nSPS) is 21.9. The maximum atomic E-state index is 11.8. The van der Waals surface area contributed by atoms with Crippen molar-refractivity contribution in [2.24, 2.45) is 4.99 Å². The Labute approximate surface area is 144 Å². The zero-order valence-corrected chi connectivity index (χ0v) is 15.2. The summed E-state index contributed by atoms with van der Waals surface area (Å²) >= 11 is 0. The van der Waals surface area contributed by atoms with Gasteiger partial charge in [0.15, 0.2) is 5.96 Å². The Balaban J connectivity index is 1.93. The van der Waals surface area contributed by atoms with Crippen molar-refractivity contribution in [1.29, 1.82) is 0 Å². The second-order valence-electron chi connectivity index (χ2n) is 6.90. The number of hydrogen-bond acceptors (Lipinski definition) is 3. The fourth-order valence-electron chi connectivity index (χ4n) is 3.21. The highest BCUT2D eigenvalue weighted by Crippen LogP contribution is 2.17. The topological polar surface area (TPSA) is 77.0 Å². The van der Waals surface area contributed by atoms with Gasteiger partial charge < -0.3 is 20.4 Å². The Bertz CT molecular complexity index is 472. The van der Waals surface area contributed by atoms with E-state index in [0.29, 0.717) is 25.0 Å². The smallest absolute Gasteiger partial charge is 0.243 e. The van der Waals surface area contributed by atoms with Crippen molar-refractivity contribution in [2.75, 3.05) is 33.7 Å². The fourth-order valence-corrected chi connectivity index (χ4v) is 3.21. The molecule has 0 spiro atoms. The van der Waals surface area contributed by atoms with Crippen LogP contribution in [0.1, 0.15) is 45.4 Å². The van der Waals surface area contributed by atoms with E-state index in [4.69, 9.17) is 0 Å². The van der Waals surface area contributed by atoms with E-state index in [0.717, 1.165) is 25.8 Å². The quantitative estimate of drug-likeness (QED) is 0.568. The summed E-state index contributed by atoms with van der Waals surface area (Å²) in [4.78, 5) is 31.5. The van der Waals surface area contributed by atoms with E-state index in [2.05, 4.69) is 15.6 Å². The summed E-state index contributed by atoms with van der Waals surface area (Å²) in [5.74, 6) is 0.883. The van der Waals surface area contributed by atoms with Crippen LogP contribution in [0, 0.1) is 0 Å². The van der Waals surface area contributed by atoms with Gasteiger partial charge in [-0.2, -0.15) is 0 Å². The van der Waals surface area contributed by atoms with Crippen LogP contribution in [0.4, 0.5) is 0 Å². The van der Waals surface area contributed by atoms with Gasteiger partial charge in [-0.3, -0.25) is 9.59 Å². The van der Waals surface area contributed by atoms with E-state index in [1.165, 1.54) is 12.8 Å². The SMILES string of the molecule is CCC(=O)N1CCC(NC(=NCC(=O)N(C)C)NC2CCCC2)C1. The largest absolute Gasteiger partial charge is 0.354 e. The Hall–Kier alpha value is -1.79. The van der Waals surface area contributed by atoms with Gasteiger partial charge in [-0.15, -0.1) is 0 Å². The highest BCUT2D eigenvalue weighted by Gasteiger charge is 2.26. The number of amides is 2. The molecule has 1 heterocycles. The molecule has 1 aliphatic heterocycles. The van der Waals surface area contributed by atoms with Crippen molar-refractivity contribution >= 4 is 17.8 Å². The van der Waals surface area contributed by atoms with Crippen LogP contribution >= 0.6 is 0 Å². The van der Waals surface area contributed by atoms with Gasteiger partial charge in [0.2, 0.25) is 11.8 Å². The first kappa shape index (κ1) is 18.5. The van der Waals surface area contributed by atoms with Crippen LogP contribution in [0.3, 0.4) is 0 Å². The maximum Gasteiger partial charge on any atom is 0.243 e. The van der Waals surface area contributed by atoms with Crippen LogP contribution in [-0.4, -0.2) is 73.4 Å². The molecule has 2 rings (SSSR count). The lowest BCUT2D eigenvalue weighted by Gasteiger charge is -2.22. The lowest BCUT2D eigenvalue weighted by molar-refractivity contribution is -0.130. The summed E-state index contributed by atoms with van der Waals surface area (Å²) in [6.07, 6.45) is 6.23. The van der Waals surface area contributed by atoms with Crippen LogP contribution in [0.25, 0.3) is 0 Å². The first-order valence-corrected chi connectivity index (χ1v) is 9.05. The summed E-state index contributed by atoms with van der Waals surface area (Å²) in [5, 5.41) is 6.88. The van der Waals surface area contributed by atoms with E-state index < -0.39 is 0 Å². The zero-order chi connectivity index (χ0) is 17.5. The van der Waals surface area contributed by atoms with Crippen molar-refractivity contribution in [3.63, 3.8) is 0 Å². The third-order valence-electron chi connectivity index (χ3n) is 4.75. The summed E-state index contributed by atoms with van der Waals surface area (Å²) in [6.45, 7) is 3.53. The summed E-state index contributed by atoms with van der Waals surface area (Å²) in [6, 6.07) is 0.628. The Morgan fingerprint density at radius 2 is 1.79 bits per heavy atom. The maximum absolute atomic E-state index is 11.8. The summed E-state index contributed by atoms with van der Waals surface area (Å²) in [7, 11) is 3.47. The van der Waals surface area contributed by atoms with Crippen molar-refractivity contribution in [2.45, 2.75) is 57.5 Å². The van der Waals surface area contributed by atoms with E-state index in [1.54, 1.807) is 19.0 Å². The lowest BCUT2D eigenvalue weighted by atomic mass is 10.2. The molecule has 2 N–H and O–H groups in total. The summed E-state index contributed by atoms with van der Waals surface area (Å²) < 4.78 is 0. The zero-order valence-electron chi connectivity index (χ0n) is 15.2. The number of carbonyl (C=O) groups is 2. The molecule has 1 unspecified atom stereocenters. The molecule has 0 radical (unpaired) electrons.